The number of nitrogens with zero attached hydrogens (tertiary/aromatic N) is 1. The minimum Gasteiger partial charge on any atom is -0.380 e. The van der Waals surface area contributed by atoms with Crippen molar-refractivity contribution in [1.29, 1.82) is 0 Å². The third-order valence-electron chi connectivity index (χ3n) is 3.19. The van der Waals surface area contributed by atoms with Crippen LogP contribution in [0.25, 0.3) is 0 Å². The molecule has 118 valence electrons. The Morgan fingerprint density at radius 3 is 2.86 bits per heavy atom. The van der Waals surface area contributed by atoms with Crippen molar-refractivity contribution in [2.45, 2.75) is 26.4 Å². The van der Waals surface area contributed by atoms with E-state index in [9.17, 15) is 4.79 Å². The van der Waals surface area contributed by atoms with Crippen LogP contribution in [0.3, 0.4) is 0 Å². The van der Waals surface area contributed by atoms with Gasteiger partial charge in [0.2, 0.25) is 0 Å². The summed E-state index contributed by atoms with van der Waals surface area (Å²) in [6.45, 7) is 5.04. The Bertz CT molecular complexity index is 627. The van der Waals surface area contributed by atoms with Crippen LogP contribution in [0.1, 0.15) is 29.1 Å². The van der Waals surface area contributed by atoms with Crippen molar-refractivity contribution >= 4 is 23.1 Å². The number of amides is 2. The first-order valence-corrected chi connectivity index (χ1v) is 8.02. The number of carbonyl (C=O) groups is 1. The maximum atomic E-state index is 12.0. The van der Waals surface area contributed by atoms with Crippen LogP contribution in [0.15, 0.2) is 29.6 Å². The minimum atomic E-state index is -0.219. The molecule has 0 saturated heterocycles. The van der Waals surface area contributed by atoms with Crippen LogP contribution >= 0.6 is 11.3 Å². The Morgan fingerprint density at radius 1 is 1.41 bits per heavy atom. The topological polar surface area (TPSA) is 63.2 Å². The van der Waals surface area contributed by atoms with Gasteiger partial charge < -0.3 is 15.4 Å². The van der Waals surface area contributed by atoms with Gasteiger partial charge in [-0.25, -0.2) is 9.78 Å². The summed E-state index contributed by atoms with van der Waals surface area (Å²) in [6, 6.07) is 7.38. The van der Waals surface area contributed by atoms with Crippen molar-refractivity contribution < 1.29 is 9.53 Å². The lowest BCUT2D eigenvalue weighted by atomic mass is 10.2. The summed E-state index contributed by atoms with van der Waals surface area (Å²) in [5.74, 6) is 0.193. The van der Waals surface area contributed by atoms with Gasteiger partial charge in [-0.05, 0) is 13.0 Å². The highest BCUT2D eigenvalue weighted by Gasteiger charge is 2.12. The highest BCUT2D eigenvalue weighted by molar-refractivity contribution is 7.09. The molecule has 2 aromatic rings. The fourth-order valence-electron chi connectivity index (χ4n) is 2.02. The monoisotopic (exact) mass is 319 g/mol. The van der Waals surface area contributed by atoms with E-state index in [2.05, 4.69) is 22.5 Å². The summed E-state index contributed by atoms with van der Waals surface area (Å²) < 4.78 is 5.13. The molecule has 1 aromatic carbocycles. The zero-order chi connectivity index (χ0) is 15.9. The number of carbonyl (C=O) groups excluding carboxylic acids is 1. The number of thiazole rings is 1. The van der Waals surface area contributed by atoms with Gasteiger partial charge in [0, 0.05) is 41.9 Å². The van der Waals surface area contributed by atoms with E-state index in [0.29, 0.717) is 13.2 Å². The molecule has 0 spiro atoms. The molecular formula is C16H21N3O2S. The fourth-order valence-corrected chi connectivity index (χ4v) is 2.88. The Labute approximate surface area is 134 Å². The molecule has 0 fully saturated rings. The van der Waals surface area contributed by atoms with Crippen LogP contribution in [-0.2, 0) is 11.3 Å². The third-order valence-corrected chi connectivity index (χ3v) is 4.39. The molecule has 6 heteroatoms. The standard InChI is InChI=1S/C16H21N3O2S/c1-11(15-18-12(2)10-22-15)8-17-16(20)19-14-7-5-4-6-13(14)9-21-3/h4-7,10-11H,8-9H2,1-3H3,(H2,17,19,20)/t11-/m1/s1. The normalized spacial score (nSPS) is 12.0. The van der Waals surface area contributed by atoms with E-state index in [-0.39, 0.29) is 11.9 Å². The average Bonchev–Trinajstić information content (AvgIpc) is 2.94. The van der Waals surface area contributed by atoms with Gasteiger partial charge in [0.15, 0.2) is 0 Å². The third kappa shape index (κ3) is 4.54. The van der Waals surface area contributed by atoms with Gasteiger partial charge in [-0.3, -0.25) is 0 Å². The van der Waals surface area contributed by atoms with Gasteiger partial charge in [-0.2, -0.15) is 0 Å². The Morgan fingerprint density at radius 2 is 2.18 bits per heavy atom. The molecule has 22 heavy (non-hydrogen) atoms. The second-order valence-corrected chi connectivity index (χ2v) is 6.04. The number of aromatic nitrogens is 1. The van der Waals surface area contributed by atoms with E-state index in [4.69, 9.17) is 4.74 Å². The molecular weight excluding hydrogens is 298 g/mol. The number of ether oxygens (including phenoxy) is 1. The van der Waals surface area contributed by atoms with E-state index in [1.165, 1.54) is 0 Å². The van der Waals surface area contributed by atoms with Crippen molar-refractivity contribution in [2.75, 3.05) is 19.0 Å². The first-order chi connectivity index (χ1) is 10.6. The molecule has 0 aliphatic carbocycles. The van der Waals surface area contributed by atoms with E-state index in [1.54, 1.807) is 18.4 Å². The van der Waals surface area contributed by atoms with Crippen LogP contribution in [0.5, 0.6) is 0 Å². The van der Waals surface area contributed by atoms with Crippen LogP contribution < -0.4 is 10.6 Å². The first kappa shape index (κ1) is 16.5. The molecule has 1 atom stereocenters. The zero-order valence-electron chi connectivity index (χ0n) is 13.1. The Hall–Kier alpha value is -1.92. The maximum Gasteiger partial charge on any atom is 0.319 e. The van der Waals surface area contributed by atoms with Crippen molar-refractivity contribution in [2.24, 2.45) is 0 Å². The van der Waals surface area contributed by atoms with E-state index in [1.807, 2.05) is 36.6 Å². The second-order valence-electron chi connectivity index (χ2n) is 5.15. The summed E-state index contributed by atoms with van der Waals surface area (Å²) in [5.41, 5.74) is 2.73. The van der Waals surface area contributed by atoms with Crippen molar-refractivity contribution in [1.82, 2.24) is 10.3 Å². The van der Waals surface area contributed by atoms with Gasteiger partial charge in [0.25, 0.3) is 0 Å². The van der Waals surface area contributed by atoms with Crippen LogP contribution in [0.2, 0.25) is 0 Å². The molecule has 0 radical (unpaired) electrons. The number of anilines is 1. The number of rotatable bonds is 6. The van der Waals surface area contributed by atoms with E-state index in [0.717, 1.165) is 22.0 Å². The second kappa shape index (κ2) is 7.91. The summed E-state index contributed by atoms with van der Waals surface area (Å²) in [6.07, 6.45) is 0. The van der Waals surface area contributed by atoms with Crippen molar-refractivity contribution in [3.63, 3.8) is 0 Å². The quantitative estimate of drug-likeness (QED) is 0.856. The number of aryl methyl sites for hydroxylation is 1. The van der Waals surface area contributed by atoms with E-state index < -0.39 is 0 Å². The van der Waals surface area contributed by atoms with Gasteiger partial charge >= 0.3 is 6.03 Å². The molecule has 1 aromatic heterocycles. The number of nitrogens with one attached hydrogen (secondary N) is 2. The smallest absolute Gasteiger partial charge is 0.319 e. The highest BCUT2D eigenvalue weighted by Crippen LogP contribution is 2.19. The molecule has 2 N–H and O–H groups in total. The predicted molar refractivity (Wildman–Crippen MR) is 89.4 cm³/mol. The molecule has 0 aliphatic heterocycles. The van der Waals surface area contributed by atoms with Gasteiger partial charge in [0.1, 0.15) is 0 Å². The first-order valence-electron chi connectivity index (χ1n) is 7.14. The minimum absolute atomic E-state index is 0.193. The van der Waals surface area contributed by atoms with Gasteiger partial charge in [-0.15, -0.1) is 11.3 Å². The maximum absolute atomic E-state index is 12.0. The lowest BCUT2D eigenvalue weighted by molar-refractivity contribution is 0.185. The molecule has 2 amide bonds. The summed E-state index contributed by atoms with van der Waals surface area (Å²) in [5, 5.41) is 8.80. The zero-order valence-corrected chi connectivity index (χ0v) is 13.9. The number of hydrogen-bond acceptors (Lipinski definition) is 4. The molecule has 0 saturated carbocycles. The van der Waals surface area contributed by atoms with Crippen LogP contribution in [0, 0.1) is 6.92 Å². The van der Waals surface area contributed by atoms with Gasteiger partial charge in [0.05, 0.1) is 11.6 Å². The summed E-state index contributed by atoms with van der Waals surface area (Å²) in [7, 11) is 1.63. The molecule has 0 unspecified atom stereocenters. The van der Waals surface area contributed by atoms with Crippen LogP contribution in [0.4, 0.5) is 10.5 Å². The number of urea groups is 1. The lowest BCUT2D eigenvalue weighted by Gasteiger charge is -2.13. The SMILES string of the molecule is COCc1ccccc1NC(=O)NC[C@@H](C)c1nc(C)cs1. The van der Waals surface area contributed by atoms with E-state index >= 15 is 0 Å². The number of benzene rings is 1. The average molecular weight is 319 g/mol. The highest BCUT2D eigenvalue weighted by atomic mass is 32.1. The lowest BCUT2D eigenvalue weighted by Crippen LogP contribution is -2.32. The predicted octanol–water partition coefficient (Wildman–Crippen LogP) is 3.52. The molecule has 2 rings (SSSR count). The molecule has 5 nitrogen and oxygen atoms in total. The van der Waals surface area contributed by atoms with Crippen molar-refractivity contribution in [3.05, 3.63) is 45.9 Å². The fraction of sp³-hybridized carbons (Fsp3) is 0.375. The number of methoxy groups -OCH3 is 1. The molecule has 1 heterocycles. The summed E-state index contributed by atoms with van der Waals surface area (Å²) in [4.78, 5) is 16.5. The Balaban J connectivity index is 1.88. The molecule has 0 bridgehead atoms. The van der Waals surface area contributed by atoms with Crippen LogP contribution in [-0.4, -0.2) is 24.7 Å². The Kier molecular flexibility index (Phi) is 5.91. The number of para-hydroxylation sites is 1. The largest absolute Gasteiger partial charge is 0.380 e. The number of hydrogen-bond donors (Lipinski definition) is 2. The summed E-state index contributed by atoms with van der Waals surface area (Å²) >= 11 is 1.62. The van der Waals surface area contributed by atoms with Gasteiger partial charge in [-0.1, -0.05) is 25.1 Å². The van der Waals surface area contributed by atoms with Crippen molar-refractivity contribution in [3.8, 4) is 0 Å². The molecule has 0 aliphatic rings.